The van der Waals surface area contributed by atoms with Crippen LogP contribution in [0.3, 0.4) is 0 Å². The Morgan fingerprint density at radius 3 is 2.49 bits per heavy atom. The lowest BCUT2D eigenvalue weighted by molar-refractivity contribution is -0.134. The number of benzene rings is 2. The minimum atomic E-state index is -3.89. The number of rotatable bonds is 9. The van der Waals surface area contributed by atoms with E-state index in [9.17, 15) is 26.7 Å². The van der Waals surface area contributed by atoms with Crippen LogP contribution < -0.4 is 9.46 Å². The first-order valence-corrected chi connectivity index (χ1v) is 16.9. The zero-order valence-electron chi connectivity index (χ0n) is 23.3. The average molecular weight is 622 g/mol. The number of nitrogens with one attached hydrogen (secondary N) is 1. The van der Waals surface area contributed by atoms with Gasteiger partial charge in [0.25, 0.3) is 20.0 Å². The zero-order chi connectivity index (χ0) is 29.9. The molecule has 222 valence electrons. The highest BCUT2D eigenvalue weighted by Gasteiger charge is 2.34. The second kappa shape index (κ2) is 12.5. The van der Waals surface area contributed by atoms with Gasteiger partial charge in [-0.25, -0.2) is 16.8 Å². The SMILES string of the molecule is Cc1ccc(S(=O)(=O)Nc2ccc3c(c2)CC(=O)N([C@@H](C)CO)C[C@H](C)[C@H](CN(C)S(=O)(=O)c2cccs2)O3)cc1. The van der Waals surface area contributed by atoms with E-state index in [1.807, 2.05) is 13.8 Å². The number of fused-ring (bicyclic) bond motifs is 1. The molecule has 2 aromatic carbocycles. The number of thiophene rings is 1. The summed E-state index contributed by atoms with van der Waals surface area (Å²) in [5.74, 6) is -0.212. The number of aliphatic hydroxyl groups is 1. The lowest BCUT2D eigenvalue weighted by atomic mass is 10.0. The van der Waals surface area contributed by atoms with Crippen LogP contribution in [0.1, 0.15) is 25.0 Å². The molecular formula is C28H35N3O7S3. The van der Waals surface area contributed by atoms with Gasteiger partial charge in [-0.15, -0.1) is 11.3 Å². The third-order valence-corrected chi connectivity index (χ3v) is 11.7. The summed E-state index contributed by atoms with van der Waals surface area (Å²) in [6.07, 6.45) is -0.745. The monoisotopic (exact) mass is 621 g/mol. The van der Waals surface area contributed by atoms with E-state index >= 15 is 0 Å². The summed E-state index contributed by atoms with van der Waals surface area (Å²) in [6, 6.07) is 13.9. The van der Waals surface area contributed by atoms with Gasteiger partial charge in [0.15, 0.2) is 0 Å². The molecular weight excluding hydrogens is 587 g/mol. The van der Waals surface area contributed by atoms with E-state index in [2.05, 4.69) is 4.72 Å². The maximum Gasteiger partial charge on any atom is 0.261 e. The number of hydrogen-bond donors (Lipinski definition) is 2. The molecule has 0 aliphatic carbocycles. The molecule has 3 atom stereocenters. The number of aryl methyl sites for hydroxylation is 1. The van der Waals surface area contributed by atoms with Crippen molar-refractivity contribution in [1.29, 1.82) is 0 Å². The Hall–Kier alpha value is -2.97. The second-order valence-corrected chi connectivity index (χ2v) is 15.2. The number of hydrogen-bond acceptors (Lipinski definition) is 8. The first-order chi connectivity index (χ1) is 19.3. The topological polar surface area (TPSA) is 133 Å². The smallest absolute Gasteiger partial charge is 0.261 e. The molecule has 2 N–H and O–H groups in total. The number of anilines is 1. The Balaban J connectivity index is 1.68. The van der Waals surface area contributed by atoms with Gasteiger partial charge in [0.1, 0.15) is 16.1 Å². The molecule has 3 aromatic rings. The largest absolute Gasteiger partial charge is 0.488 e. The van der Waals surface area contributed by atoms with Crippen LogP contribution in [0.25, 0.3) is 0 Å². The molecule has 4 rings (SSSR count). The Bertz CT molecular complexity index is 1570. The summed E-state index contributed by atoms with van der Waals surface area (Å²) in [7, 11) is -6.15. The molecule has 1 aromatic heterocycles. The fourth-order valence-electron chi connectivity index (χ4n) is 4.56. The third-order valence-electron chi connectivity index (χ3n) is 7.10. The lowest BCUT2D eigenvalue weighted by Gasteiger charge is -2.33. The molecule has 0 bridgehead atoms. The van der Waals surface area contributed by atoms with Crippen molar-refractivity contribution < 1.29 is 31.5 Å². The fraction of sp³-hybridized carbons (Fsp3) is 0.393. The van der Waals surface area contributed by atoms with Crippen molar-refractivity contribution in [1.82, 2.24) is 9.21 Å². The van der Waals surface area contributed by atoms with Crippen molar-refractivity contribution >= 4 is 43.0 Å². The van der Waals surface area contributed by atoms with Gasteiger partial charge in [0.05, 0.1) is 30.5 Å². The molecule has 10 nitrogen and oxygen atoms in total. The van der Waals surface area contributed by atoms with Gasteiger partial charge < -0.3 is 14.7 Å². The van der Waals surface area contributed by atoms with Gasteiger partial charge in [-0.1, -0.05) is 30.7 Å². The van der Waals surface area contributed by atoms with Crippen molar-refractivity contribution in [2.75, 3.05) is 31.5 Å². The predicted molar refractivity (Wildman–Crippen MR) is 158 cm³/mol. The van der Waals surface area contributed by atoms with Crippen LogP contribution in [0.15, 0.2) is 69.1 Å². The van der Waals surface area contributed by atoms with E-state index in [1.165, 1.54) is 23.5 Å². The molecule has 1 amide bonds. The van der Waals surface area contributed by atoms with E-state index in [4.69, 9.17) is 4.74 Å². The number of aliphatic hydroxyl groups excluding tert-OH is 1. The quantitative estimate of drug-likeness (QED) is 0.375. The number of carbonyl (C=O) groups is 1. The Morgan fingerprint density at radius 1 is 1.15 bits per heavy atom. The molecule has 1 aliphatic rings. The van der Waals surface area contributed by atoms with Crippen LogP contribution >= 0.6 is 11.3 Å². The van der Waals surface area contributed by atoms with Gasteiger partial charge in [-0.2, -0.15) is 4.31 Å². The second-order valence-electron chi connectivity index (χ2n) is 10.3. The number of sulfonamides is 2. The summed E-state index contributed by atoms with van der Waals surface area (Å²) >= 11 is 1.13. The standard InChI is InChI=1S/C28H35N3O7S3/c1-19-7-10-24(11-8-19)40(34,35)29-23-9-12-25-22(14-23)15-27(33)31(21(3)18-32)16-20(2)26(38-25)17-30(4)41(36,37)28-6-5-13-39-28/h5-14,20-21,26,29,32H,15-18H2,1-4H3/t20-,21-,26-/m0/s1. The summed E-state index contributed by atoms with van der Waals surface area (Å²) in [4.78, 5) is 15.1. The summed E-state index contributed by atoms with van der Waals surface area (Å²) in [5, 5.41) is 11.5. The van der Waals surface area contributed by atoms with Crippen molar-refractivity contribution in [2.45, 2.75) is 48.4 Å². The van der Waals surface area contributed by atoms with E-state index in [-0.39, 0.29) is 52.7 Å². The minimum Gasteiger partial charge on any atom is -0.488 e. The maximum atomic E-state index is 13.4. The highest BCUT2D eigenvalue weighted by atomic mass is 32.2. The minimum absolute atomic E-state index is 0.0121. The molecule has 0 radical (unpaired) electrons. The molecule has 0 fully saturated rings. The number of amides is 1. The lowest BCUT2D eigenvalue weighted by Crippen LogP contribution is -2.48. The predicted octanol–water partition coefficient (Wildman–Crippen LogP) is 3.33. The number of carbonyl (C=O) groups excluding carboxylic acids is 1. The van der Waals surface area contributed by atoms with Gasteiger partial charge in [-0.05, 0) is 55.6 Å². The van der Waals surface area contributed by atoms with Crippen molar-refractivity contribution in [2.24, 2.45) is 5.92 Å². The molecule has 0 saturated carbocycles. The van der Waals surface area contributed by atoms with Crippen LogP contribution in [0, 0.1) is 12.8 Å². The van der Waals surface area contributed by atoms with E-state index in [0.717, 1.165) is 16.9 Å². The van der Waals surface area contributed by atoms with Crippen molar-refractivity contribution in [3.63, 3.8) is 0 Å². The van der Waals surface area contributed by atoms with Crippen LogP contribution in [0.5, 0.6) is 5.75 Å². The number of nitrogens with zero attached hydrogens (tertiary/aromatic N) is 2. The zero-order valence-corrected chi connectivity index (χ0v) is 25.8. The Labute approximate surface area is 245 Å². The van der Waals surface area contributed by atoms with Crippen LogP contribution in [-0.2, 0) is 31.3 Å². The van der Waals surface area contributed by atoms with Crippen molar-refractivity contribution in [3.8, 4) is 5.75 Å². The summed E-state index contributed by atoms with van der Waals surface area (Å²) < 4.78 is 62.7. The van der Waals surface area contributed by atoms with Crippen LogP contribution in [0.2, 0.25) is 0 Å². The Morgan fingerprint density at radius 2 is 1.85 bits per heavy atom. The van der Waals surface area contributed by atoms with E-state index in [1.54, 1.807) is 59.7 Å². The van der Waals surface area contributed by atoms with E-state index in [0.29, 0.717) is 11.3 Å². The highest BCUT2D eigenvalue weighted by molar-refractivity contribution is 7.92. The molecule has 2 heterocycles. The number of ether oxygens (including phenoxy) is 1. The highest BCUT2D eigenvalue weighted by Crippen LogP contribution is 2.31. The van der Waals surface area contributed by atoms with Gasteiger partial charge in [0.2, 0.25) is 5.91 Å². The van der Waals surface area contributed by atoms with Gasteiger partial charge >= 0.3 is 0 Å². The first kappa shape index (κ1) is 31.0. The van der Waals surface area contributed by atoms with Crippen molar-refractivity contribution in [3.05, 3.63) is 71.1 Å². The van der Waals surface area contributed by atoms with Crippen LogP contribution in [0.4, 0.5) is 5.69 Å². The molecule has 41 heavy (non-hydrogen) atoms. The molecule has 13 heteroatoms. The van der Waals surface area contributed by atoms with Crippen LogP contribution in [-0.4, -0.2) is 75.9 Å². The Kier molecular flexibility index (Phi) is 9.44. The number of likely N-dealkylation sites (N-methyl/N-ethyl adjacent to an activating group) is 1. The molecule has 0 spiro atoms. The summed E-state index contributed by atoms with van der Waals surface area (Å²) in [6.45, 7) is 5.47. The van der Waals surface area contributed by atoms with E-state index < -0.39 is 32.2 Å². The van der Waals surface area contributed by atoms with Gasteiger partial charge in [0, 0.05) is 30.8 Å². The average Bonchev–Trinajstić information content (AvgIpc) is 3.48. The summed E-state index contributed by atoms with van der Waals surface area (Å²) in [5.41, 5.74) is 1.62. The third kappa shape index (κ3) is 7.09. The first-order valence-electron chi connectivity index (χ1n) is 13.1. The normalized spacial score (nSPS) is 19.1. The van der Waals surface area contributed by atoms with Gasteiger partial charge in [-0.3, -0.25) is 9.52 Å². The molecule has 1 aliphatic heterocycles. The molecule has 0 saturated heterocycles. The molecule has 0 unspecified atom stereocenters. The maximum absolute atomic E-state index is 13.4. The fourth-order valence-corrected chi connectivity index (χ4v) is 7.99.